The van der Waals surface area contributed by atoms with Gasteiger partial charge in [0.1, 0.15) is 36.3 Å². The molecule has 0 aliphatic heterocycles. The van der Waals surface area contributed by atoms with Crippen LogP contribution in [0.4, 0.5) is 0 Å². The van der Waals surface area contributed by atoms with E-state index in [9.17, 15) is 9.90 Å². The van der Waals surface area contributed by atoms with Crippen molar-refractivity contribution in [1.29, 1.82) is 0 Å². The third-order valence-corrected chi connectivity index (χ3v) is 11.2. The van der Waals surface area contributed by atoms with E-state index < -0.39 is 36.6 Å². The number of esters is 1. The number of aliphatic hydroxyl groups excluding tert-OH is 1. The van der Waals surface area contributed by atoms with Crippen molar-refractivity contribution in [1.82, 2.24) is 0 Å². The van der Waals surface area contributed by atoms with Gasteiger partial charge < -0.3 is 33.5 Å². The van der Waals surface area contributed by atoms with E-state index in [0.717, 1.165) is 47.3 Å². The molecule has 1 aliphatic rings. The third-order valence-electron chi connectivity index (χ3n) is 11.2. The lowest BCUT2D eigenvalue weighted by molar-refractivity contribution is -0.277. The van der Waals surface area contributed by atoms with Crippen molar-refractivity contribution in [3.63, 3.8) is 0 Å². The van der Waals surface area contributed by atoms with Crippen molar-refractivity contribution in [2.75, 3.05) is 7.11 Å². The van der Waals surface area contributed by atoms with Crippen LogP contribution in [-0.2, 0) is 54.9 Å². The first-order valence-corrected chi connectivity index (χ1v) is 22.1. The zero-order chi connectivity index (χ0) is 41.3. The summed E-state index contributed by atoms with van der Waals surface area (Å²) in [5, 5.41) is 12.3. The summed E-state index contributed by atoms with van der Waals surface area (Å²) in [7, 11) is 1.63. The standard InChI is InChI=1S/C51H68O8/c1-3-4-5-6-7-8-9-10-11-12-13-14-24-31-45(52)59-51-48(56-39-43-32-34-44(54-2)35-33-43)46(53)47(55-36-40-25-18-15-19-26-40)49(57-37-41-27-20-16-21-28-41)50(51)58-38-42-29-22-17-23-30-42/h15-23,25-30,32-35,46-51,53H,3-14,24,31,36-39H2,1-2H3/t46-,47-,48+,49+,50-,51+/m1/s1. The molecule has 0 aromatic heterocycles. The molecular formula is C51H68O8. The Bertz CT molecular complexity index is 1670. The fourth-order valence-corrected chi connectivity index (χ4v) is 7.75. The predicted octanol–water partition coefficient (Wildman–Crippen LogP) is 11.1. The first kappa shape index (κ1) is 46.0. The van der Waals surface area contributed by atoms with E-state index in [1.165, 1.54) is 64.2 Å². The molecule has 0 saturated heterocycles. The Morgan fingerprint density at radius 1 is 0.458 bits per heavy atom. The molecule has 0 heterocycles. The van der Waals surface area contributed by atoms with Gasteiger partial charge in [-0.05, 0) is 40.8 Å². The van der Waals surface area contributed by atoms with Gasteiger partial charge in [-0.2, -0.15) is 0 Å². The average molecular weight is 809 g/mol. The van der Waals surface area contributed by atoms with Gasteiger partial charge in [0.05, 0.1) is 33.5 Å². The van der Waals surface area contributed by atoms with Gasteiger partial charge in [0.25, 0.3) is 0 Å². The average Bonchev–Trinajstić information content (AvgIpc) is 3.27. The quantitative estimate of drug-likeness (QED) is 0.0448. The largest absolute Gasteiger partial charge is 0.497 e. The molecule has 320 valence electrons. The molecule has 5 rings (SSSR count). The summed E-state index contributed by atoms with van der Waals surface area (Å²) in [4.78, 5) is 13.8. The van der Waals surface area contributed by atoms with Gasteiger partial charge in [-0.15, -0.1) is 0 Å². The lowest BCUT2D eigenvalue weighted by atomic mass is 9.83. The second kappa shape index (κ2) is 26.9. The van der Waals surface area contributed by atoms with E-state index >= 15 is 0 Å². The number of rotatable bonds is 28. The highest BCUT2D eigenvalue weighted by Crippen LogP contribution is 2.35. The fraction of sp³-hybridized carbons (Fsp3) is 0.510. The van der Waals surface area contributed by atoms with Crippen molar-refractivity contribution >= 4 is 5.97 Å². The van der Waals surface area contributed by atoms with Crippen molar-refractivity contribution in [3.8, 4) is 5.75 Å². The summed E-state index contributed by atoms with van der Waals surface area (Å²) in [6.45, 7) is 3.12. The lowest BCUT2D eigenvalue weighted by Gasteiger charge is -2.48. The van der Waals surface area contributed by atoms with Crippen LogP contribution in [0.2, 0.25) is 0 Å². The number of hydrogen-bond donors (Lipinski definition) is 1. The normalized spacial score (nSPS) is 20.3. The molecule has 4 aromatic carbocycles. The fourth-order valence-electron chi connectivity index (χ4n) is 7.75. The van der Waals surface area contributed by atoms with Crippen LogP contribution in [0.5, 0.6) is 5.75 Å². The summed E-state index contributed by atoms with van der Waals surface area (Å²) in [5.74, 6) is 0.385. The van der Waals surface area contributed by atoms with E-state index in [-0.39, 0.29) is 38.8 Å². The molecule has 1 fully saturated rings. The van der Waals surface area contributed by atoms with E-state index in [1.807, 2.05) is 115 Å². The van der Waals surface area contributed by atoms with Gasteiger partial charge in [-0.1, -0.05) is 187 Å². The number of unbranched alkanes of at least 4 members (excludes halogenated alkanes) is 12. The molecule has 0 bridgehead atoms. The predicted molar refractivity (Wildman–Crippen MR) is 233 cm³/mol. The Hall–Kier alpha value is -4.05. The van der Waals surface area contributed by atoms with Gasteiger partial charge in [0, 0.05) is 6.42 Å². The zero-order valence-electron chi connectivity index (χ0n) is 35.5. The van der Waals surface area contributed by atoms with Crippen LogP contribution < -0.4 is 4.74 Å². The highest BCUT2D eigenvalue weighted by molar-refractivity contribution is 5.69. The molecular weight excluding hydrogens is 741 g/mol. The molecule has 6 atom stereocenters. The highest BCUT2D eigenvalue weighted by Gasteiger charge is 2.55. The first-order chi connectivity index (χ1) is 29.1. The van der Waals surface area contributed by atoms with Gasteiger partial charge in [-0.25, -0.2) is 0 Å². The van der Waals surface area contributed by atoms with Gasteiger partial charge >= 0.3 is 5.97 Å². The molecule has 8 nitrogen and oxygen atoms in total. The zero-order valence-corrected chi connectivity index (χ0v) is 35.5. The molecule has 59 heavy (non-hydrogen) atoms. The first-order valence-electron chi connectivity index (χ1n) is 22.1. The number of carbonyl (C=O) groups is 1. The number of ether oxygens (including phenoxy) is 6. The van der Waals surface area contributed by atoms with Crippen LogP contribution in [-0.4, -0.2) is 54.8 Å². The maximum atomic E-state index is 13.8. The monoisotopic (exact) mass is 808 g/mol. The highest BCUT2D eigenvalue weighted by atomic mass is 16.6. The van der Waals surface area contributed by atoms with Gasteiger partial charge in [0.15, 0.2) is 6.10 Å². The van der Waals surface area contributed by atoms with Crippen LogP contribution in [0.25, 0.3) is 0 Å². The Balaban J connectivity index is 1.32. The second-order valence-corrected chi connectivity index (χ2v) is 15.8. The van der Waals surface area contributed by atoms with Crippen molar-refractivity contribution in [2.45, 2.75) is 160 Å². The molecule has 4 aromatic rings. The van der Waals surface area contributed by atoms with Crippen LogP contribution in [0.3, 0.4) is 0 Å². The van der Waals surface area contributed by atoms with Crippen LogP contribution >= 0.6 is 0 Å². The maximum absolute atomic E-state index is 13.8. The minimum Gasteiger partial charge on any atom is -0.497 e. The molecule has 0 amide bonds. The van der Waals surface area contributed by atoms with E-state index in [2.05, 4.69) is 6.92 Å². The Kier molecular flexibility index (Phi) is 21.0. The van der Waals surface area contributed by atoms with Crippen molar-refractivity contribution in [2.24, 2.45) is 0 Å². The van der Waals surface area contributed by atoms with E-state index in [4.69, 9.17) is 28.4 Å². The maximum Gasteiger partial charge on any atom is 0.306 e. The van der Waals surface area contributed by atoms with E-state index in [1.54, 1.807) is 7.11 Å². The minimum absolute atomic E-state index is 0.158. The molecule has 1 saturated carbocycles. The molecule has 8 heteroatoms. The second-order valence-electron chi connectivity index (χ2n) is 15.8. The molecule has 0 unspecified atom stereocenters. The molecule has 1 aliphatic carbocycles. The molecule has 0 spiro atoms. The van der Waals surface area contributed by atoms with E-state index in [0.29, 0.717) is 0 Å². The number of carbonyl (C=O) groups excluding carboxylic acids is 1. The number of methoxy groups -OCH3 is 1. The summed E-state index contributed by atoms with van der Waals surface area (Å²) in [6, 6.07) is 37.2. The van der Waals surface area contributed by atoms with Crippen molar-refractivity contribution < 1.29 is 38.3 Å². The Morgan fingerprint density at radius 3 is 1.24 bits per heavy atom. The lowest BCUT2D eigenvalue weighted by Crippen LogP contribution is -2.67. The number of aliphatic hydroxyl groups is 1. The Morgan fingerprint density at radius 2 is 0.814 bits per heavy atom. The van der Waals surface area contributed by atoms with Crippen LogP contribution in [0.1, 0.15) is 119 Å². The topological polar surface area (TPSA) is 92.7 Å². The SMILES string of the molecule is CCCCCCCCCCCCCCCC(=O)O[C@@H]1[C@H](OCc2ccccc2)[C@@H](OCc2ccccc2)[C@H](OCc2ccccc2)[C@@H](O)[C@@H]1OCc1ccc(OC)cc1. The van der Waals surface area contributed by atoms with Gasteiger partial charge in [0.2, 0.25) is 0 Å². The van der Waals surface area contributed by atoms with Gasteiger partial charge in [-0.3, -0.25) is 4.79 Å². The van der Waals surface area contributed by atoms with Crippen molar-refractivity contribution in [3.05, 3.63) is 138 Å². The minimum atomic E-state index is -1.22. The smallest absolute Gasteiger partial charge is 0.306 e. The molecule has 0 radical (unpaired) electrons. The summed E-state index contributed by atoms with van der Waals surface area (Å²) < 4.78 is 38.4. The van der Waals surface area contributed by atoms with Crippen LogP contribution in [0.15, 0.2) is 115 Å². The Labute approximate surface area is 353 Å². The third kappa shape index (κ3) is 16.2. The number of hydrogen-bond acceptors (Lipinski definition) is 8. The summed E-state index contributed by atoms with van der Waals surface area (Å²) in [6.07, 6.45) is 10.4. The summed E-state index contributed by atoms with van der Waals surface area (Å²) >= 11 is 0. The molecule has 1 N–H and O–H groups in total. The van der Waals surface area contributed by atoms with Crippen LogP contribution in [0, 0.1) is 0 Å². The summed E-state index contributed by atoms with van der Waals surface area (Å²) in [5.41, 5.74) is 3.74. The number of benzene rings is 4.